The third kappa shape index (κ3) is 2.79. The molecule has 1 atom stereocenters. The Balaban J connectivity index is 1.81. The van der Waals surface area contributed by atoms with Crippen LogP contribution < -0.4 is 5.32 Å². The zero-order valence-corrected chi connectivity index (χ0v) is 11.9. The van der Waals surface area contributed by atoms with Gasteiger partial charge in [-0.05, 0) is 37.0 Å². The standard InChI is InChI=1S/C17H22N2O/c1-13(14-5-3-2-4-6-14)19-10-9-15(17(19)12-20)11-18-16-7-8-16/h2-6,9-10,13,16,18,20H,7-8,11-12H2,1H3/t13-/m0/s1. The van der Waals surface area contributed by atoms with Gasteiger partial charge in [0.2, 0.25) is 0 Å². The quantitative estimate of drug-likeness (QED) is 0.847. The Morgan fingerprint density at radius 1 is 1.25 bits per heavy atom. The van der Waals surface area contributed by atoms with Crippen molar-refractivity contribution < 1.29 is 5.11 Å². The van der Waals surface area contributed by atoms with Gasteiger partial charge in [-0.2, -0.15) is 0 Å². The Morgan fingerprint density at radius 3 is 2.65 bits per heavy atom. The van der Waals surface area contributed by atoms with Crippen LogP contribution in [0, 0.1) is 0 Å². The van der Waals surface area contributed by atoms with Gasteiger partial charge in [-0.1, -0.05) is 30.3 Å². The van der Waals surface area contributed by atoms with Crippen LogP contribution in [0.1, 0.15) is 42.6 Å². The van der Waals surface area contributed by atoms with Gasteiger partial charge < -0.3 is 15.0 Å². The predicted octanol–water partition coefficient (Wildman–Crippen LogP) is 2.84. The number of rotatable bonds is 6. The van der Waals surface area contributed by atoms with Gasteiger partial charge in [0, 0.05) is 24.5 Å². The van der Waals surface area contributed by atoms with Crippen molar-refractivity contribution in [2.75, 3.05) is 0 Å². The van der Waals surface area contributed by atoms with E-state index in [4.69, 9.17) is 0 Å². The number of hydrogen-bond donors (Lipinski definition) is 2. The van der Waals surface area contributed by atoms with Crippen LogP contribution >= 0.6 is 0 Å². The normalized spacial score (nSPS) is 16.3. The second-order valence-electron chi connectivity index (χ2n) is 5.59. The molecule has 0 bridgehead atoms. The molecule has 0 unspecified atom stereocenters. The van der Waals surface area contributed by atoms with Crippen LogP contribution in [-0.4, -0.2) is 15.7 Å². The van der Waals surface area contributed by atoms with Crippen LogP contribution in [0.2, 0.25) is 0 Å². The Hall–Kier alpha value is -1.58. The third-order valence-electron chi connectivity index (χ3n) is 4.13. The summed E-state index contributed by atoms with van der Waals surface area (Å²) in [5.74, 6) is 0. The number of nitrogens with zero attached hydrogens (tertiary/aromatic N) is 1. The van der Waals surface area contributed by atoms with Crippen LogP contribution in [0.4, 0.5) is 0 Å². The zero-order valence-electron chi connectivity index (χ0n) is 11.9. The summed E-state index contributed by atoms with van der Waals surface area (Å²) in [5, 5.41) is 13.2. The molecule has 3 heteroatoms. The lowest BCUT2D eigenvalue weighted by Gasteiger charge is -2.18. The van der Waals surface area contributed by atoms with Crippen LogP contribution in [-0.2, 0) is 13.2 Å². The monoisotopic (exact) mass is 270 g/mol. The van der Waals surface area contributed by atoms with E-state index in [1.165, 1.54) is 24.0 Å². The maximum Gasteiger partial charge on any atom is 0.0836 e. The SMILES string of the molecule is C[C@@H](c1ccccc1)n1ccc(CNC2CC2)c1CO. The zero-order chi connectivity index (χ0) is 13.9. The molecule has 1 fully saturated rings. The van der Waals surface area contributed by atoms with Crippen LogP contribution in [0.15, 0.2) is 42.6 Å². The molecule has 0 saturated heterocycles. The number of hydrogen-bond acceptors (Lipinski definition) is 2. The van der Waals surface area contributed by atoms with Crippen molar-refractivity contribution in [3.8, 4) is 0 Å². The molecule has 1 saturated carbocycles. The molecule has 3 nitrogen and oxygen atoms in total. The maximum atomic E-state index is 9.72. The highest BCUT2D eigenvalue weighted by Gasteiger charge is 2.21. The summed E-state index contributed by atoms with van der Waals surface area (Å²) in [6.45, 7) is 3.12. The van der Waals surface area contributed by atoms with E-state index in [0.717, 1.165) is 12.2 Å². The summed E-state index contributed by atoms with van der Waals surface area (Å²) in [7, 11) is 0. The van der Waals surface area contributed by atoms with Crippen LogP contribution in [0.5, 0.6) is 0 Å². The lowest BCUT2D eigenvalue weighted by molar-refractivity contribution is 0.267. The van der Waals surface area contributed by atoms with Crippen molar-refractivity contribution in [1.29, 1.82) is 0 Å². The molecule has 1 aliphatic rings. The third-order valence-corrected chi connectivity index (χ3v) is 4.13. The summed E-state index contributed by atoms with van der Waals surface area (Å²) < 4.78 is 2.18. The first kappa shape index (κ1) is 13.4. The van der Waals surface area contributed by atoms with Gasteiger partial charge in [-0.3, -0.25) is 0 Å². The fraction of sp³-hybridized carbons (Fsp3) is 0.412. The van der Waals surface area contributed by atoms with E-state index in [2.05, 4.69) is 53.3 Å². The highest BCUT2D eigenvalue weighted by Crippen LogP contribution is 2.24. The average molecular weight is 270 g/mol. The van der Waals surface area contributed by atoms with E-state index in [1.54, 1.807) is 0 Å². The van der Waals surface area contributed by atoms with Crippen molar-refractivity contribution in [3.63, 3.8) is 0 Å². The number of aliphatic hydroxyl groups is 1. The van der Waals surface area contributed by atoms with E-state index in [-0.39, 0.29) is 12.6 Å². The lowest BCUT2D eigenvalue weighted by atomic mass is 10.1. The van der Waals surface area contributed by atoms with E-state index in [1.807, 2.05) is 6.07 Å². The summed E-state index contributed by atoms with van der Waals surface area (Å²) in [6, 6.07) is 13.5. The molecule has 0 amide bonds. The molecule has 2 aromatic rings. The first-order chi connectivity index (χ1) is 9.79. The molecular weight excluding hydrogens is 248 g/mol. The molecule has 1 aromatic carbocycles. The van der Waals surface area contributed by atoms with Gasteiger partial charge in [0.25, 0.3) is 0 Å². The highest BCUT2D eigenvalue weighted by molar-refractivity contribution is 5.27. The first-order valence-corrected chi connectivity index (χ1v) is 7.37. The number of nitrogens with one attached hydrogen (secondary N) is 1. The predicted molar refractivity (Wildman–Crippen MR) is 80.5 cm³/mol. The van der Waals surface area contributed by atoms with Gasteiger partial charge in [0.05, 0.1) is 12.6 Å². The van der Waals surface area contributed by atoms with E-state index in [0.29, 0.717) is 6.04 Å². The fourth-order valence-corrected chi connectivity index (χ4v) is 2.66. The molecule has 1 aromatic heterocycles. The van der Waals surface area contributed by atoms with Crippen molar-refractivity contribution in [1.82, 2.24) is 9.88 Å². The van der Waals surface area contributed by atoms with Crippen LogP contribution in [0.3, 0.4) is 0 Å². The summed E-state index contributed by atoms with van der Waals surface area (Å²) in [4.78, 5) is 0. The Labute approximate surface area is 120 Å². The molecule has 0 aliphatic heterocycles. The summed E-state index contributed by atoms with van der Waals surface area (Å²) >= 11 is 0. The Bertz CT molecular complexity index is 558. The van der Waals surface area contributed by atoms with Crippen molar-refractivity contribution in [2.24, 2.45) is 0 Å². The van der Waals surface area contributed by atoms with Crippen molar-refractivity contribution in [2.45, 2.75) is 45.0 Å². The minimum atomic E-state index is 0.0891. The van der Waals surface area contributed by atoms with Gasteiger partial charge >= 0.3 is 0 Å². The minimum Gasteiger partial charge on any atom is -0.390 e. The Morgan fingerprint density at radius 2 is 2.00 bits per heavy atom. The first-order valence-electron chi connectivity index (χ1n) is 7.37. The molecule has 2 N–H and O–H groups in total. The molecule has 3 rings (SSSR count). The molecule has 1 aliphatic carbocycles. The van der Waals surface area contributed by atoms with Crippen molar-refractivity contribution in [3.05, 3.63) is 59.4 Å². The Kier molecular flexibility index (Phi) is 3.90. The molecule has 0 radical (unpaired) electrons. The van der Waals surface area contributed by atoms with E-state index >= 15 is 0 Å². The van der Waals surface area contributed by atoms with E-state index in [9.17, 15) is 5.11 Å². The number of aromatic nitrogens is 1. The number of benzene rings is 1. The second kappa shape index (κ2) is 5.81. The van der Waals surface area contributed by atoms with Crippen LogP contribution in [0.25, 0.3) is 0 Å². The lowest BCUT2D eigenvalue weighted by Crippen LogP contribution is -2.17. The fourth-order valence-electron chi connectivity index (χ4n) is 2.66. The second-order valence-corrected chi connectivity index (χ2v) is 5.59. The summed E-state index contributed by atoms with van der Waals surface area (Å²) in [6.07, 6.45) is 4.66. The molecular formula is C17H22N2O. The molecule has 1 heterocycles. The van der Waals surface area contributed by atoms with Gasteiger partial charge in [-0.15, -0.1) is 0 Å². The largest absolute Gasteiger partial charge is 0.390 e. The minimum absolute atomic E-state index is 0.0891. The number of aliphatic hydroxyl groups excluding tert-OH is 1. The molecule has 106 valence electrons. The van der Waals surface area contributed by atoms with Crippen molar-refractivity contribution >= 4 is 0 Å². The molecule has 20 heavy (non-hydrogen) atoms. The average Bonchev–Trinajstić information content (AvgIpc) is 3.24. The van der Waals surface area contributed by atoms with Gasteiger partial charge in [0.15, 0.2) is 0 Å². The topological polar surface area (TPSA) is 37.2 Å². The van der Waals surface area contributed by atoms with E-state index < -0.39 is 0 Å². The van der Waals surface area contributed by atoms with Gasteiger partial charge in [-0.25, -0.2) is 0 Å². The van der Waals surface area contributed by atoms with Gasteiger partial charge in [0.1, 0.15) is 0 Å². The maximum absolute atomic E-state index is 9.72. The smallest absolute Gasteiger partial charge is 0.0836 e. The summed E-state index contributed by atoms with van der Waals surface area (Å²) in [5.41, 5.74) is 3.50. The molecule has 0 spiro atoms. The highest BCUT2D eigenvalue weighted by atomic mass is 16.3.